The summed E-state index contributed by atoms with van der Waals surface area (Å²) in [4.78, 5) is 4.37. The van der Waals surface area contributed by atoms with E-state index in [0.29, 0.717) is 24.9 Å². The number of nitrogens with zero attached hydrogens (tertiary/aromatic N) is 2. The van der Waals surface area contributed by atoms with Gasteiger partial charge in [-0.2, -0.15) is 0 Å². The van der Waals surface area contributed by atoms with Crippen LogP contribution >= 0.6 is 0 Å². The summed E-state index contributed by atoms with van der Waals surface area (Å²) in [5.41, 5.74) is 0. The van der Waals surface area contributed by atoms with Gasteiger partial charge in [-0.15, -0.1) is 0 Å². The molecule has 6 nitrogen and oxygen atoms in total. The molecular weight excluding hydrogens is 290 g/mol. The third-order valence-electron chi connectivity index (χ3n) is 3.15. The van der Waals surface area contributed by atoms with Gasteiger partial charge in [0.25, 0.3) is 0 Å². The van der Waals surface area contributed by atoms with Crippen molar-refractivity contribution >= 4 is 15.8 Å². The first-order chi connectivity index (χ1) is 9.78. The van der Waals surface area contributed by atoms with E-state index in [1.807, 2.05) is 6.92 Å². The number of hydrogen-bond donors (Lipinski definition) is 1. The molecule has 0 saturated heterocycles. The monoisotopic (exact) mass is 315 g/mol. The molecule has 0 saturated carbocycles. The van der Waals surface area contributed by atoms with Crippen molar-refractivity contribution in [1.29, 1.82) is 0 Å². The van der Waals surface area contributed by atoms with E-state index in [-0.39, 0.29) is 10.9 Å². The van der Waals surface area contributed by atoms with E-state index in [2.05, 4.69) is 24.1 Å². The zero-order valence-electron chi connectivity index (χ0n) is 13.3. The van der Waals surface area contributed by atoms with Crippen molar-refractivity contribution in [3.8, 4) is 0 Å². The molecule has 1 heterocycles. The van der Waals surface area contributed by atoms with Crippen molar-refractivity contribution in [2.45, 2.75) is 31.7 Å². The quantitative estimate of drug-likeness (QED) is 0.792. The molecule has 1 aromatic heterocycles. The fraction of sp³-hybridized carbons (Fsp3) is 0.643. The summed E-state index contributed by atoms with van der Waals surface area (Å²) in [7, 11) is -0.437. The van der Waals surface area contributed by atoms with Crippen LogP contribution in [-0.2, 0) is 14.8 Å². The highest BCUT2D eigenvalue weighted by molar-refractivity contribution is 7.89. The standard InChI is InChI=1S/C14H25N3O3S/c1-6-20-10-13(11(2)3)16-14-8-7-12(9-15-14)21(18,19)17(4)5/h7-9,11,13H,6,10H2,1-5H3,(H,15,16). The second-order valence-corrected chi connectivity index (χ2v) is 7.47. The number of anilines is 1. The van der Waals surface area contributed by atoms with Gasteiger partial charge in [0, 0.05) is 26.9 Å². The summed E-state index contributed by atoms with van der Waals surface area (Å²) in [6, 6.07) is 3.37. The Morgan fingerprint density at radius 2 is 2.00 bits per heavy atom. The molecule has 0 aliphatic rings. The molecule has 0 aromatic carbocycles. The van der Waals surface area contributed by atoms with Gasteiger partial charge in [-0.1, -0.05) is 13.8 Å². The highest BCUT2D eigenvalue weighted by atomic mass is 32.2. The van der Waals surface area contributed by atoms with Gasteiger partial charge in [-0.05, 0) is 25.0 Å². The predicted octanol–water partition coefficient (Wildman–Crippen LogP) is 1.80. The predicted molar refractivity (Wildman–Crippen MR) is 83.9 cm³/mol. The van der Waals surface area contributed by atoms with Crippen molar-refractivity contribution in [3.63, 3.8) is 0 Å². The molecule has 1 rings (SSSR count). The fourth-order valence-corrected chi connectivity index (χ4v) is 2.51. The molecule has 0 aliphatic carbocycles. The fourth-order valence-electron chi connectivity index (χ4n) is 1.66. The summed E-state index contributed by atoms with van der Waals surface area (Å²) >= 11 is 0. The molecule has 0 radical (unpaired) electrons. The molecule has 0 amide bonds. The lowest BCUT2D eigenvalue weighted by Crippen LogP contribution is -2.31. The summed E-state index contributed by atoms with van der Waals surface area (Å²) < 4.78 is 30.5. The second kappa shape index (κ2) is 7.72. The number of ether oxygens (including phenoxy) is 1. The zero-order chi connectivity index (χ0) is 16.0. The van der Waals surface area contributed by atoms with E-state index in [1.54, 1.807) is 12.1 Å². The molecule has 1 aromatic rings. The molecule has 0 aliphatic heterocycles. The Kier molecular flexibility index (Phi) is 6.57. The third kappa shape index (κ3) is 4.94. The van der Waals surface area contributed by atoms with E-state index < -0.39 is 10.0 Å². The highest BCUT2D eigenvalue weighted by Gasteiger charge is 2.18. The second-order valence-electron chi connectivity index (χ2n) is 5.32. The SMILES string of the molecule is CCOCC(Nc1ccc(S(=O)(=O)N(C)C)cn1)C(C)C. The molecular formula is C14H25N3O3S. The molecule has 0 bridgehead atoms. The lowest BCUT2D eigenvalue weighted by Gasteiger charge is -2.22. The Hall–Kier alpha value is -1.18. The number of nitrogens with one attached hydrogen (secondary N) is 1. The van der Waals surface area contributed by atoms with Crippen molar-refractivity contribution in [3.05, 3.63) is 18.3 Å². The molecule has 1 atom stereocenters. The van der Waals surface area contributed by atoms with Crippen LogP contribution in [0.25, 0.3) is 0 Å². The van der Waals surface area contributed by atoms with Crippen molar-refractivity contribution < 1.29 is 13.2 Å². The first kappa shape index (κ1) is 17.9. The molecule has 21 heavy (non-hydrogen) atoms. The van der Waals surface area contributed by atoms with Crippen LogP contribution in [-0.4, -0.2) is 51.1 Å². The van der Waals surface area contributed by atoms with Gasteiger partial charge in [0.05, 0.1) is 12.6 Å². The van der Waals surface area contributed by atoms with Crippen LogP contribution in [0.2, 0.25) is 0 Å². The molecule has 1 unspecified atom stereocenters. The summed E-state index contributed by atoms with van der Waals surface area (Å²) in [5.74, 6) is 1.02. The summed E-state index contributed by atoms with van der Waals surface area (Å²) in [6.45, 7) is 7.41. The minimum atomic E-state index is -3.43. The largest absolute Gasteiger partial charge is 0.380 e. The Balaban J connectivity index is 2.82. The van der Waals surface area contributed by atoms with Crippen molar-refractivity contribution in [2.75, 3.05) is 32.6 Å². The number of hydrogen-bond acceptors (Lipinski definition) is 5. The van der Waals surface area contributed by atoms with Gasteiger partial charge in [-0.3, -0.25) is 0 Å². The summed E-state index contributed by atoms with van der Waals surface area (Å²) in [5, 5.41) is 3.28. The van der Waals surface area contributed by atoms with Gasteiger partial charge in [0.15, 0.2) is 0 Å². The number of pyridine rings is 1. The number of sulfonamides is 1. The Labute approximate surface area is 127 Å². The topological polar surface area (TPSA) is 71.5 Å². The van der Waals surface area contributed by atoms with Gasteiger partial charge in [0.1, 0.15) is 10.7 Å². The van der Waals surface area contributed by atoms with Crippen molar-refractivity contribution in [2.24, 2.45) is 5.92 Å². The van der Waals surface area contributed by atoms with Crippen molar-refractivity contribution in [1.82, 2.24) is 9.29 Å². The average Bonchev–Trinajstić information content (AvgIpc) is 2.43. The molecule has 120 valence electrons. The maximum atomic E-state index is 12.0. The first-order valence-electron chi connectivity index (χ1n) is 7.02. The maximum Gasteiger partial charge on any atom is 0.244 e. The van der Waals surface area contributed by atoms with Gasteiger partial charge < -0.3 is 10.1 Å². The van der Waals surface area contributed by atoms with Crippen LogP contribution < -0.4 is 5.32 Å². The lowest BCUT2D eigenvalue weighted by molar-refractivity contribution is 0.126. The normalized spacial score (nSPS) is 13.7. The smallest absolute Gasteiger partial charge is 0.244 e. The molecule has 0 fully saturated rings. The van der Waals surface area contributed by atoms with Crippen LogP contribution in [0.4, 0.5) is 5.82 Å². The van der Waals surface area contributed by atoms with E-state index in [9.17, 15) is 8.42 Å². The zero-order valence-corrected chi connectivity index (χ0v) is 14.1. The molecule has 0 spiro atoms. The van der Waals surface area contributed by atoms with Crippen LogP contribution in [0.1, 0.15) is 20.8 Å². The Morgan fingerprint density at radius 1 is 1.33 bits per heavy atom. The molecule has 7 heteroatoms. The lowest BCUT2D eigenvalue weighted by atomic mass is 10.1. The van der Waals surface area contributed by atoms with Gasteiger partial charge in [0.2, 0.25) is 10.0 Å². The Bertz CT molecular complexity index is 527. The minimum absolute atomic E-state index is 0.133. The van der Waals surface area contributed by atoms with Gasteiger partial charge >= 0.3 is 0 Å². The van der Waals surface area contributed by atoms with E-state index >= 15 is 0 Å². The maximum absolute atomic E-state index is 12.0. The van der Waals surface area contributed by atoms with E-state index in [4.69, 9.17) is 4.74 Å². The van der Waals surface area contributed by atoms with Crippen LogP contribution in [0, 0.1) is 5.92 Å². The van der Waals surface area contributed by atoms with Crippen LogP contribution in [0.3, 0.4) is 0 Å². The van der Waals surface area contributed by atoms with Crippen LogP contribution in [0.15, 0.2) is 23.2 Å². The van der Waals surface area contributed by atoms with Gasteiger partial charge in [-0.25, -0.2) is 17.7 Å². The third-order valence-corrected chi connectivity index (χ3v) is 4.95. The molecule has 1 N–H and O–H groups in total. The van der Waals surface area contributed by atoms with E-state index in [1.165, 1.54) is 24.6 Å². The average molecular weight is 315 g/mol. The summed E-state index contributed by atoms with van der Waals surface area (Å²) in [6.07, 6.45) is 1.37. The minimum Gasteiger partial charge on any atom is -0.380 e. The van der Waals surface area contributed by atoms with E-state index in [0.717, 1.165) is 0 Å². The number of aromatic nitrogens is 1. The first-order valence-corrected chi connectivity index (χ1v) is 8.46. The number of rotatable bonds is 8. The van der Waals surface area contributed by atoms with Crippen LogP contribution in [0.5, 0.6) is 0 Å². The highest BCUT2D eigenvalue weighted by Crippen LogP contribution is 2.16. The Morgan fingerprint density at radius 3 is 2.43 bits per heavy atom.